The van der Waals surface area contributed by atoms with Gasteiger partial charge in [-0.05, 0) is 24.1 Å². The highest BCUT2D eigenvalue weighted by Gasteiger charge is 2.24. The van der Waals surface area contributed by atoms with Crippen LogP contribution in [0.1, 0.15) is 25.0 Å². The Kier molecular flexibility index (Phi) is 7.01. The lowest BCUT2D eigenvalue weighted by Gasteiger charge is -2.17. The molecule has 5 nitrogen and oxygen atoms in total. The van der Waals surface area contributed by atoms with Gasteiger partial charge < -0.3 is 14.2 Å². The summed E-state index contributed by atoms with van der Waals surface area (Å²) in [5, 5.41) is 0. The van der Waals surface area contributed by atoms with Crippen LogP contribution in [0.5, 0.6) is 5.75 Å². The van der Waals surface area contributed by atoms with Crippen molar-refractivity contribution >= 4 is 11.9 Å². The zero-order chi connectivity index (χ0) is 18.1. The van der Waals surface area contributed by atoms with Crippen molar-refractivity contribution in [1.29, 1.82) is 0 Å². The zero-order valence-electron chi connectivity index (χ0n) is 14.4. The molecular formula is C20H22O5. The van der Waals surface area contributed by atoms with E-state index in [0.29, 0.717) is 12.4 Å². The molecule has 0 aliphatic heterocycles. The maximum atomic E-state index is 12.0. The monoisotopic (exact) mass is 342 g/mol. The van der Waals surface area contributed by atoms with Crippen molar-refractivity contribution in [3.8, 4) is 5.75 Å². The van der Waals surface area contributed by atoms with E-state index in [-0.39, 0.29) is 13.0 Å². The number of rotatable bonds is 8. The Balaban J connectivity index is 2.11. The molecule has 0 radical (unpaired) electrons. The third kappa shape index (κ3) is 5.95. The summed E-state index contributed by atoms with van der Waals surface area (Å²) >= 11 is 0. The van der Waals surface area contributed by atoms with Crippen LogP contribution in [0.25, 0.3) is 0 Å². The summed E-state index contributed by atoms with van der Waals surface area (Å²) in [5.74, 6) is -0.441. The van der Waals surface area contributed by atoms with Crippen molar-refractivity contribution in [2.24, 2.45) is 0 Å². The quantitative estimate of drug-likeness (QED) is 0.689. The van der Waals surface area contributed by atoms with Crippen molar-refractivity contribution in [3.63, 3.8) is 0 Å². The molecule has 0 aromatic heterocycles. The maximum absolute atomic E-state index is 12.0. The first-order valence-electron chi connectivity index (χ1n) is 8.18. The van der Waals surface area contributed by atoms with Crippen LogP contribution in [-0.4, -0.2) is 24.6 Å². The molecule has 0 aliphatic rings. The molecule has 25 heavy (non-hydrogen) atoms. The van der Waals surface area contributed by atoms with E-state index in [2.05, 4.69) is 0 Å². The van der Waals surface area contributed by atoms with Gasteiger partial charge in [0, 0.05) is 13.3 Å². The van der Waals surface area contributed by atoms with Crippen molar-refractivity contribution in [1.82, 2.24) is 0 Å². The van der Waals surface area contributed by atoms with Crippen molar-refractivity contribution in [3.05, 3.63) is 65.7 Å². The molecule has 0 spiro atoms. The molecule has 2 rings (SSSR count). The second kappa shape index (κ2) is 9.47. The van der Waals surface area contributed by atoms with Crippen LogP contribution in [0.3, 0.4) is 0 Å². The molecule has 0 aliphatic carbocycles. The van der Waals surface area contributed by atoms with Gasteiger partial charge in [0.15, 0.2) is 0 Å². The van der Waals surface area contributed by atoms with Crippen LogP contribution >= 0.6 is 0 Å². The van der Waals surface area contributed by atoms with E-state index in [4.69, 9.17) is 14.2 Å². The Bertz CT molecular complexity index is 696. The smallest absolute Gasteiger partial charge is 0.347 e. The van der Waals surface area contributed by atoms with Crippen molar-refractivity contribution in [2.75, 3.05) is 6.61 Å². The lowest BCUT2D eigenvalue weighted by atomic mass is 10.1. The van der Waals surface area contributed by atoms with Crippen molar-refractivity contribution < 1.29 is 23.8 Å². The largest absolute Gasteiger partial charge is 0.489 e. The highest BCUT2D eigenvalue weighted by atomic mass is 16.6. The van der Waals surface area contributed by atoms with Gasteiger partial charge in [0.2, 0.25) is 6.10 Å². The first-order valence-corrected chi connectivity index (χ1v) is 8.18. The second-order valence-electron chi connectivity index (χ2n) is 5.44. The molecule has 2 aromatic rings. The number of ether oxygens (including phenoxy) is 3. The first kappa shape index (κ1) is 18.5. The molecule has 1 atom stereocenters. The number of hydrogen-bond donors (Lipinski definition) is 0. The molecule has 0 fully saturated rings. The van der Waals surface area contributed by atoms with Gasteiger partial charge in [-0.1, -0.05) is 48.5 Å². The Morgan fingerprint density at radius 2 is 1.68 bits per heavy atom. The molecule has 2 aromatic carbocycles. The minimum absolute atomic E-state index is 0.198. The minimum atomic E-state index is -0.987. The van der Waals surface area contributed by atoms with Gasteiger partial charge >= 0.3 is 11.9 Å². The third-order valence-corrected chi connectivity index (χ3v) is 3.47. The lowest BCUT2D eigenvalue weighted by Crippen LogP contribution is -2.30. The molecule has 0 N–H and O–H groups in total. The topological polar surface area (TPSA) is 61.8 Å². The molecule has 0 unspecified atom stereocenters. The Morgan fingerprint density at radius 1 is 1.00 bits per heavy atom. The predicted molar refractivity (Wildman–Crippen MR) is 93.1 cm³/mol. The molecular weight excluding hydrogens is 320 g/mol. The number of carbonyl (C=O) groups is 2. The summed E-state index contributed by atoms with van der Waals surface area (Å²) in [6.07, 6.45) is -0.789. The normalized spacial score (nSPS) is 11.4. The van der Waals surface area contributed by atoms with Crippen LogP contribution in [0.2, 0.25) is 0 Å². The Hall–Kier alpha value is -2.82. The van der Waals surface area contributed by atoms with Gasteiger partial charge in [-0.15, -0.1) is 0 Å². The number of benzene rings is 2. The number of esters is 2. The van der Waals surface area contributed by atoms with Crippen LogP contribution in [0.15, 0.2) is 54.6 Å². The average molecular weight is 342 g/mol. The van der Waals surface area contributed by atoms with Gasteiger partial charge in [0.25, 0.3) is 0 Å². The average Bonchev–Trinajstić information content (AvgIpc) is 2.61. The van der Waals surface area contributed by atoms with E-state index in [1.54, 1.807) is 6.92 Å². The van der Waals surface area contributed by atoms with E-state index in [1.807, 2.05) is 54.6 Å². The van der Waals surface area contributed by atoms with Gasteiger partial charge in [0.05, 0.1) is 6.61 Å². The standard InChI is InChI=1S/C20H22O5/c1-3-23-20(22)19(25-15(2)21)13-17-11-7-8-12-18(17)24-14-16-9-5-4-6-10-16/h4-12,19H,3,13-14H2,1-2H3/t19-/m1/s1. The molecule has 0 amide bonds. The van der Waals surface area contributed by atoms with Gasteiger partial charge in [0.1, 0.15) is 12.4 Å². The molecule has 132 valence electrons. The number of carbonyl (C=O) groups excluding carboxylic acids is 2. The Labute approximate surface area is 147 Å². The maximum Gasteiger partial charge on any atom is 0.347 e. The lowest BCUT2D eigenvalue weighted by molar-refractivity contribution is -0.166. The van der Waals surface area contributed by atoms with E-state index in [0.717, 1.165) is 11.1 Å². The van der Waals surface area contributed by atoms with E-state index < -0.39 is 18.0 Å². The highest BCUT2D eigenvalue weighted by Crippen LogP contribution is 2.22. The molecule has 0 saturated carbocycles. The second-order valence-corrected chi connectivity index (χ2v) is 5.44. The summed E-state index contributed by atoms with van der Waals surface area (Å²) in [6.45, 7) is 3.61. The fourth-order valence-electron chi connectivity index (χ4n) is 2.36. The predicted octanol–water partition coefficient (Wildman–Crippen LogP) is 3.30. The van der Waals surface area contributed by atoms with Crippen LogP contribution in [0.4, 0.5) is 0 Å². The summed E-state index contributed by atoms with van der Waals surface area (Å²) in [6, 6.07) is 17.2. The Morgan fingerprint density at radius 3 is 2.36 bits per heavy atom. The summed E-state index contributed by atoms with van der Waals surface area (Å²) < 4.78 is 16.0. The van der Waals surface area contributed by atoms with Gasteiger partial charge in [-0.2, -0.15) is 0 Å². The van der Waals surface area contributed by atoms with Crippen LogP contribution in [0, 0.1) is 0 Å². The molecule has 0 bridgehead atoms. The van der Waals surface area contributed by atoms with E-state index in [1.165, 1.54) is 6.92 Å². The fourth-order valence-corrected chi connectivity index (χ4v) is 2.36. The van der Waals surface area contributed by atoms with E-state index in [9.17, 15) is 9.59 Å². The van der Waals surface area contributed by atoms with Gasteiger partial charge in [-0.25, -0.2) is 4.79 Å². The van der Waals surface area contributed by atoms with Gasteiger partial charge in [-0.3, -0.25) is 4.79 Å². The first-order chi connectivity index (χ1) is 12.1. The molecule has 0 saturated heterocycles. The number of hydrogen-bond acceptors (Lipinski definition) is 5. The van der Waals surface area contributed by atoms with Crippen LogP contribution < -0.4 is 4.74 Å². The SMILES string of the molecule is CCOC(=O)[C@@H](Cc1ccccc1OCc1ccccc1)OC(C)=O. The highest BCUT2D eigenvalue weighted by molar-refractivity contribution is 5.79. The minimum Gasteiger partial charge on any atom is -0.489 e. The third-order valence-electron chi connectivity index (χ3n) is 3.47. The summed E-state index contributed by atoms with van der Waals surface area (Å²) in [5.41, 5.74) is 1.82. The van der Waals surface area contributed by atoms with E-state index >= 15 is 0 Å². The molecule has 5 heteroatoms. The number of para-hydroxylation sites is 1. The van der Waals surface area contributed by atoms with Crippen LogP contribution in [-0.2, 0) is 32.1 Å². The molecule has 0 heterocycles. The fraction of sp³-hybridized carbons (Fsp3) is 0.300. The van der Waals surface area contributed by atoms with Crippen molar-refractivity contribution in [2.45, 2.75) is 33.0 Å². The summed E-state index contributed by atoms with van der Waals surface area (Å²) in [7, 11) is 0. The summed E-state index contributed by atoms with van der Waals surface area (Å²) in [4.78, 5) is 23.3. The zero-order valence-corrected chi connectivity index (χ0v) is 14.4.